The molecule has 0 heterocycles. The van der Waals surface area contributed by atoms with E-state index in [9.17, 15) is 9.59 Å². The van der Waals surface area contributed by atoms with Gasteiger partial charge in [-0.15, -0.1) is 0 Å². The van der Waals surface area contributed by atoms with E-state index in [2.05, 4.69) is 10.6 Å². The van der Waals surface area contributed by atoms with Gasteiger partial charge in [0.2, 0.25) is 11.8 Å². The number of carbonyl (C=O) groups excluding carboxylic acids is 2. The average molecular weight is 384 g/mol. The van der Waals surface area contributed by atoms with Crippen LogP contribution in [0.25, 0.3) is 0 Å². The lowest BCUT2D eigenvalue weighted by molar-refractivity contribution is -0.125. The van der Waals surface area contributed by atoms with Gasteiger partial charge < -0.3 is 20.1 Å². The maximum Gasteiger partial charge on any atom is 0.243 e. The second-order valence-electron chi connectivity index (χ2n) is 6.88. The number of carbonyl (C=O) groups is 2. The molecule has 0 spiro atoms. The Kier molecular flexibility index (Phi) is 7.04. The molecule has 2 amide bonds. The molecule has 2 aromatic carbocycles. The maximum absolute atomic E-state index is 12.5. The first-order valence-electron chi connectivity index (χ1n) is 9.14. The van der Waals surface area contributed by atoms with Gasteiger partial charge in [0, 0.05) is 5.69 Å². The maximum atomic E-state index is 12.5. The third-order valence-electron chi connectivity index (χ3n) is 4.67. The van der Waals surface area contributed by atoms with E-state index in [1.54, 1.807) is 33.3 Å². The van der Waals surface area contributed by atoms with Crippen LogP contribution >= 0.6 is 0 Å². The molecule has 0 aromatic heterocycles. The lowest BCUT2D eigenvalue weighted by Crippen LogP contribution is -2.35. The molecule has 2 rings (SSSR count). The van der Waals surface area contributed by atoms with Gasteiger partial charge in [-0.25, -0.2) is 0 Å². The summed E-state index contributed by atoms with van der Waals surface area (Å²) in [6.45, 7) is 7.61. The Bertz CT molecular complexity index is 854. The van der Waals surface area contributed by atoms with Gasteiger partial charge in [0.15, 0.2) is 11.5 Å². The molecule has 0 fully saturated rings. The van der Waals surface area contributed by atoms with Crippen molar-refractivity contribution in [1.29, 1.82) is 0 Å². The lowest BCUT2D eigenvalue weighted by atomic mass is 10.00. The zero-order valence-corrected chi connectivity index (χ0v) is 17.3. The van der Waals surface area contributed by atoms with E-state index in [1.807, 2.05) is 39.0 Å². The van der Waals surface area contributed by atoms with Crippen LogP contribution in [0.1, 0.15) is 35.1 Å². The van der Waals surface area contributed by atoms with E-state index in [4.69, 9.17) is 9.47 Å². The highest BCUT2D eigenvalue weighted by atomic mass is 16.5. The smallest absolute Gasteiger partial charge is 0.243 e. The van der Waals surface area contributed by atoms with Crippen molar-refractivity contribution in [2.75, 3.05) is 26.1 Å². The monoisotopic (exact) mass is 384 g/mol. The Morgan fingerprint density at radius 1 is 0.964 bits per heavy atom. The minimum atomic E-state index is -0.435. The highest BCUT2D eigenvalue weighted by molar-refractivity contribution is 5.96. The van der Waals surface area contributed by atoms with E-state index < -0.39 is 5.92 Å². The van der Waals surface area contributed by atoms with Crippen molar-refractivity contribution >= 4 is 17.5 Å². The van der Waals surface area contributed by atoms with Crippen LogP contribution < -0.4 is 20.1 Å². The summed E-state index contributed by atoms with van der Waals surface area (Å²) in [6, 6.07) is 9.36. The topological polar surface area (TPSA) is 76.7 Å². The van der Waals surface area contributed by atoms with E-state index in [0.717, 1.165) is 27.9 Å². The van der Waals surface area contributed by atoms with Crippen molar-refractivity contribution in [3.05, 3.63) is 52.6 Å². The van der Waals surface area contributed by atoms with Crippen LogP contribution in [0.5, 0.6) is 11.5 Å². The number of benzene rings is 2. The molecule has 0 radical (unpaired) electrons. The molecule has 28 heavy (non-hydrogen) atoms. The van der Waals surface area contributed by atoms with Gasteiger partial charge in [0.05, 0.1) is 26.7 Å². The third-order valence-corrected chi connectivity index (χ3v) is 4.67. The summed E-state index contributed by atoms with van der Waals surface area (Å²) in [6.07, 6.45) is 0. The zero-order valence-electron chi connectivity index (χ0n) is 17.3. The molecule has 0 bridgehead atoms. The van der Waals surface area contributed by atoms with Gasteiger partial charge in [-0.05, 0) is 56.5 Å². The van der Waals surface area contributed by atoms with Crippen molar-refractivity contribution in [2.45, 2.75) is 33.6 Å². The van der Waals surface area contributed by atoms with Crippen molar-refractivity contribution in [3.8, 4) is 11.5 Å². The summed E-state index contributed by atoms with van der Waals surface area (Å²) in [5, 5.41) is 5.58. The highest BCUT2D eigenvalue weighted by Crippen LogP contribution is 2.30. The lowest BCUT2D eigenvalue weighted by Gasteiger charge is -2.16. The van der Waals surface area contributed by atoms with Crippen molar-refractivity contribution in [2.24, 2.45) is 0 Å². The molecular weight excluding hydrogens is 356 g/mol. The molecule has 6 heteroatoms. The molecule has 0 saturated heterocycles. The van der Waals surface area contributed by atoms with Gasteiger partial charge in [0.25, 0.3) is 0 Å². The number of methoxy groups -OCH3 is 2. The number of hydrogen-bond acceptors (Lipinski definition) is 4. The fourth-order valence-corrected chi connectivity index (χ4v) is 3.15. The molecule has 2 aromatic rings. The van der Waals surface area contributed by atoms with Gasteiger partial charge in [-0.2, -0.15) is 0 Å². The standard InChI is InChI=1S/C22H28N2O4/c1-13-9-14(2)21(15(3)10-13)24-20(25)12-23-22(26)16(4)17-7-8-18(27-5)19(11-17)28-6/h7-11,16H,12H2,1-6H3,(H,23,26)(H,24,25). The molecule has 1 atom stereocenters. The van der Waals surface area contributed by atoms with Crippen molar-refractivity contribution in [1.82, 2.24) is 5.32 Å². The first kappa shape index (κ1) is 21.3. The molecule has 150 valence electrons. The van der Waals surface area contributed by atoms with Crippen LogP contribution in [0.3, 0.4) is 0 Å². The zero-order chi connectivity index (χ0) is 20.8. The second-order valence-corrected chi connectivity index (χ2v) is 6.88. The minimum Gasteiger partial charge on any atom is -0.493 e. The quantitative estimate of drug-likeness (QED) is 0.766. The Morgan fingerprint density at radius 3 is 2.14 bits per heavy atom. The fraction of sp³-hybridized carbons (Fsp3) is 0.364. The summed E-state index contributed by atoms with van der Waals surface area (Å²) in [5.74, 6) is 0.225. The number of hydrogen-bond donors (Lipinski definition) is 2. The average Bonchev–Trinajstić information content (AvgIpc) is 2.67. The first-order valence-corrected chi connectivity index (χ1v) is 9.14. The normalized spacial score (nSPS) is 11.5. The number of aryl methyl sites for hydroxylation is 3. The van der Waals surface area contributed by atoms with E-state index in [0.29, 0.717) is 11.5 Å². The molecule has 6 nitrogen and oxygen atoms in total. The Labute approximate surface area is 166 Å². The highest BCUT2D eigenvalue weighted by Gasteiger charge is 2.18. The molecule has 0 aliphatic heterocycles. The Morgan fingerprint density at radius 2 is 1.57 bits per heavy atom. The van der Waals surface area contributed by atoms with Crippen LogP contribution in [0.4, 0.5) is 5.69 Å². The van der Waals surface area contributed by atoms with Crippen molar-refractivity contribution < 1.29 is 19.1 Å². The van der Waals surface area contributed by atoms with Crippen LogP contribution in [0.2, 0.25) is 0 Å². The predicted molar refractivity (Wildman–Crippen MR) is 110 cm³/mol. The van der Waals surface area contributed by atoms with Crippen LogP contribution in [0.15, 0.2) is 30.3 Å². The van der Waals surface area contributed by atoms with Crippen LogP contribution in [-0.2, 0) is 9.59 Å². The Balaban J connectivity index is 1.99. The van der Waals surface area contributed by atoms with Gasteiger partial charge in [-0.3, -0.25) is 9.59 Å². The van der Waals surface area contributed by atoms with E-state index in [1.165, 1.54) is 0 Å². The first-order chi connectivity index (χ1) is 13.3. The summed E-state index contributed by atoms with van der Waals surface area (Å²) in [4.78, 5) is 24.8. The number of amides is 2. The molecule has 0 aliphatic carbocycles. The number of anilines is 1. The largest absolute Gasteiger partial charge is 0.493 e. The van der Waals surface area contributed by atoms with Gasteiger partial charge in [-0.1, -0.05) is 23.8 Å². The van der Waals surface area contributed by atoms with Gasteiger partial charge >= 0.3 is 0 Å². The Hall–Kier alpha value is -3.02. The van der Waals surface area contributed by atoms with Gasteiger partial charge in [0.1, 0.15) is 0 Å². The predicted octanol–water partition coefficient (Wildman–Crippen LogP) is 3.49. The number of nitrogens with one attached hydrogen (secondary N) is 2. The number of rotatable bonds is 7. The van der Waals surface area contributed by atoms with E-state index >= 15 is 0 Å². The summed E-state index contributed by atoms with van der Waals surface area (Å²) < 4.78 is 10.5. The molecule has 0 saturated carbocycles. The SMILES string of the molecule is COc1ccc(C(C)C(=O)NCC(=O)Nc2c(C)cc(C)cc2C)cc1OC. The molecule has 1 unspecified atom stereocenters. The molecule has 0 aliphatic rings. The second kappa shape index (κ2) is 9.26. The summed E-state index contributed by atoms with van der Waals surface area (Å²) in [7, 11) is 3.11. The minimum absolute atomic E-state index is 0.0940. The number of ether oxygens (including phenoxy) is 2. The van der Waals surface area contributed by atoms with Crippen molar-refractivity contribution in [3.63, 3.8) is 0 Å². The van der Waals surface area contributed by atoms with Crippen LogP contribution in [-0.4, -0.2) is 32.6 Å². The summed E-state index contributed by atoms with van der Waals surface area (Å²) in [5.41, 5.74) is 4.70. The fourth-order valence-electron chi connectivity index (χ4n) is 3.15. The molecule has 2 N–H and O–H groups in total. The third kappa shape index (κ3) is 5.03. The molecular formula is C22H28N2O4. The summed E-state index contributed by atoms with van der Waals surface area (Å²) >= 11 is 0. The van der Waals surface area contributed by atoms with Crippen LogP contribution in [0, 0.1) is 20.8 Å². The van der Waals surface area contributed by atoms with E-state index in [-0.39, 0.29) is 18.4 Å².